The van der Waals surface area contributed by atoms with Gasteiger partial charge >= 0.3 is 0 Å². The Morgan fingerprint density at radius 2 is 1.72 bits per heavy atom. The van der Waals surface area contributed by atoms with E-state index < -0.39 is 0 Å². The summed E-state index contributed by atoms with van der Waals surface area (Å²) in [5, 5.41) is 0. The van der Waals surface area contributed by atoms with Gasteiger partial charge in [0.25, 0.3) is 0 Å². The van der Waals surface area contributed by atoms with Crippen molar-refractivity contribution in [3.8, 4) is 0 Å². The van der Waals surface area contributed by atoms with Gasteiger partial charge in [-0.05, 0) is 61.4 Å². The van der Waals surface area contributed by atoms with Gasteiger partial charge in [0.2, 0.25) is 5.78 Å². The van der Waals surface area contributed by atoms with Crippen LogP contribution in [0.3, 0.4) is 0 Å². The van der Waals surface area contributed by atoms with Gasteiger partial charge in [-0.1, -0.05) is 13.8 Å². The Hall–Kier alpha value is -2.75. The second-order valence-electron chi connectivity index (χ2n) is 6.10. The molecular weight excluding hydrogens is 310 g/mol. The van der Waals surface area contributed by atoms with Crippen molar-refractivity contribution in [3.05, 3.63) is 66.0 Å². The number of ketones is 1. The van der Waals surface area contributed by atoms with Crippen LogP contribution in [-0.2, 0) is 0 Å². The quantitative estimate of drug-likeness (QED) is 0.777. The maximum Gasteiger partial charge on any atom is 0.204 e. The molecule has 0 N–H and O–H groups in total. The minimum atomic E-state index is -0.0697. The van der Waals surface area contributed by atoms with Crippen LogP contribution in [0.5, 0.6) is 0 Å². The highest BCUT2D eigenvalue weighted by atomic mass is 16.1. The lowest BCUT2D eigenvalue weighted by atomic mass is 9.99. The number of hydrogen-bond donors (Lipinski definition) is 0. The Kier molecular flexibility index (Phi) is 5.39. The Labute approximate surface area is 148 Å². The molecule has 0 aliphatic heterocycles. The molecule has 2 aromatic rings. The number of carbonyl (C=O) groups is 1. The molecule has 1 aromatic carbocycles. The van der Waals surface area contributed by atoms with Gasteiger partial charge < -0.3 is 4.90 Å². The number of hydrogen-bond acceptors (Lipinski definition) is 4. The van der Waals surface area contributed by atoms with E-state index in [-0.39, 0.29) is 5.78 Å². The lowest BCUT2D eigenvalue weighted by Crippen LogP contribution is -2.24. The van der Waals surface area contributed by atoms with E-state index in [9.17, 15) is 4.79 Å². The lowest BCUT2D eigenvalue weighted by Gasteiger charge is -2.23. The number of pyridine rings is 1. The number of rotatable bonds is 6. The fourth-order valence-electron chi connectivity index (χ4n) is 3.02. The molecule has 0 unspecified atom stereocenters. The number of aromatic nitrogens is 1. The lowest BCUT2D eigenvalue weighted by molar-refractivity contribution is 0.104. The molecule has 0 radical (unpaired) electrons. The van der Waals surface area contributed by atoms with Crippen LogP contribution in [0.25, 0.3) is 0 Å². The largest absolute Gasteiger partial charge is 0.372 e. The van der Waals surface area contributed by atoms with Crippen LogP contribution < -0.4 is 4.90 Å². The molecule has 0 amide bonds. The first-order chi connectivity index (χ1) is 12.2. The Morgan fingerprint density at radius 1 is 1.00 bits per heavy atom. The molecule has 1 aliphatic rings. The topological polar surface area (TPSA) is 45.6 Å². The molecule has 0 spiro atoms. The molecule has 128 valence electrons. The molecule has 4 nitrogen and oxygen atoms in total. The summed E-state index contributed by atoms with van der Waals surface area (Å²) in [6.07, 6.45) is 7.20. The molecule has 0 fully saturated rings. The minimum absolute atomic E-state index is 0.0697. The Bertz CT molecular complexity index is 800. The third-order valence-electron chi connectivity index (χ3n) is 4.16. The Balaban J connectivity index is 1.87. The zero-order valence-electron chi connectivity index (χ0n) is 14.8. The second-order valence-corrected chi connectivity index (χ2v) is 6.10. The van der Waals surface area contributed by atoms with Crippen molar-refractivity contribution in [2.45, 2.75) is 26.7 Å². The van der Waals surface area contributed by atoms with Crippen molar-refractivity contribution in [3.63, 3.8) is 0 Å². The van der Waals surface area contributed by atoms with Gasteiger partial charge in [0.1, 0.15) is 5.69 Å². The fraction of sp³-hybridized carbons (Fsp3) is 0.286. The van der Waals surface area contributed by atoms with Crippen molar-refractivity contribution in [2.24, 2.45) is 4.99 Å². The third-order valence-corrected chi connectivity index (χ3v) is 4.16. The first kappa shape index (κ1) is 17.1. The van der Waals surface area contributed by atoms with Gasteiger partial charge in [-0.25, -0.2) is 4.99 Å². The minimum Gasteiger partial charge on any atom is -0.372 e. The summed E-state index contributed by atoms with van der Waals surface area (Å²) >= 11 is 0. The molecule has 25 heavy (non-hydrogen) atoms. The maximum absolute atomic E-state index is 11.9. The molecule has 3 rings (SSSR count). The van der Waals surface area contributed by atoms with Crippen LogP contribution in [0.1, 0.15) is 42.7 Å². The number of fused-ring (bicyclic) bond motifs is 1. The number of anilines is 1. The van der Waals surface area contributed by atoms with Crippen LogP contribution in [0, 0.1) is 0 Å². The number of aliphatic imine (C=N–C) groups is 1. The van der Waals surface area contributed by atoms with Crippen LogP contribution in [0.2, 0.25) is 0 Å². The van der Waals surface area contributed by atoms with Crippen LogP contribution in [-0.4, -0.2) is 29.6 Å². The van der Waals surface area contributed by atoms with Gasteiger partial charge in [-0.15, -0.1) is 0 Å². The first-order valence-corrected chi connectivity index (χ1v) is 8.84. The van der Waals surface area contributed by atoms with E-state index in [2.05, 4.69) is 35.9 Å². The van der Waals surface area contributed by atoms with Gasteiger partial charge in [-0.3, -0.25) is 9.78 Å². The zero-order chi connectivity index (χ0) is 17.6. The van der Waals surface area contributed by atoms with E-state index in [1.807, 2.05) is 24.3 Å². The van der Waals surface area contributed by atoms with E-state index in [0.717, 1.165) is 42.9 Å². The molecule has 1 aliphatic carbocycles. The van der Waals surface area contributed by atoms with Crippen molar-refractivity contribution < 1.29 is 4.79 Å². The molecule has 0 saturated carbocycles. The van der Waals surface area contributed by atoms with Gasteiger partial charge in [0.05, 0.1) is 11.4 Å². The summed E-state index contributed by atoms with van der Waals surface area (Å²) < 4.78 is 0. The van der Waals surface area contributed by atoms with Crippen LogP contribution in [0.15, 0.2) is 59.7 Å². The average Bonchev–Trinajstić information content (AvgIpc) is 2.65. The first-order valence-electron chi connectivity index (χ1n) is 8.84. The number of nitrogens with zero attached hydrogens (tertiary/aromatic N) is 3. The van der Waals surface area contributed by atoms with E-state index in [4.69, 9.17) is 4.99 Å². The fourth-order valence-corrected chi connectivity index (χ4v) is 3.02. The Morgan fingerprint density at radius 3 is 2.40 bits per heavy atom. The molecule has 1 aromatic heterocycles. The van der Waals surface area contributed by atoms with E-state index in [1.54, 1.807) is 12.3 Å². The van der Waals surface area contributed by atoms with E-state index in [1.165, 1.54) is 11.8 Å². The van der Waals surface area contributed by atoms with Crippen molar-refractivity contribution in [2.75, 3.05) is 18.0 Å². The molecule has 0 bridgehead atoms. The number of carbonyl (C=O) groups excluding carboxylic acids is 1. The third kappa shape index (κ3) is 3.85. The van der Waals surface area contributed by atoms with Crippen molar-refractivity contribution in [1.82, 2.24) is 4.98 Å². The average molecular weight is 333 g/mol. The van der Waals surface area contributed by atoms with Crippen molar-refractivity contribution >= 4 is 22.9 Å². The van der Waals surface area contributed by atoms with Gasteiger partial charge in [-0.2, -0.15) is 0 Å². The summed E-state index contributed by atoms with van der Waals surface area (Å²) in [7, 11) is 0. The molecule has 0 saturated heterocycles. The predicted molar refractivity (Wildman–Crippen MR) is 103 cm³/mol. The summed E-state index contributed by atoms with van der Waals surface area (Å²) in [4.78, 5) is 23.2. The zero-order valence-corrected chi connectivity index (χ0v) is 14.8. The molecular formula is C21H23N3O. The smallest absolute Gasteiger partial charge is 0.204 e. The normalized spacial score (nSPS) is 14.6. The highest BCUT2D eigenvalue weighted by Gasteiger charge is 2.18. The van der Waals surface area contributed by atoms with Crippen molar-refractivity contribution in [1.29, 1.82) is 0 Å². The van der Waals surface area contributed by atoms with Gasteiger partial charge in [0.15, 0.2) is 0 Å². The van der Waals surface area contributed by atoms with E-state index in [0.29, 0.717) is 5.69 Å². The molecule has 0 atom stereocenters. The highest BCUT2D eigenvalue weighted by molar-refractivity contribution is 6.23. The standard InChI is InChI=1S/C21H23N3O/c1-3-14-24(15-4-2)17-9-7-16(8-10-17)23-19-11-12-20(25)21-18(19)6-5-13-22-21/h5-13H,3-4,14-15H2,1-2H3. The predicted octanol–water partition coefficient (Wildman–Crippen LogP) is 4.58. The van der Waals surface area contributed by atoms with E-state index >= 15 is 0 Å². The second kappa shape index (κ2) is 7.88. The summed E-state index contributed by atoms with van der Waals surface area (Å²) in [6, 6.07) is 12.0. The van der Waals surface area contributed by atoms with Gasteiger partial charge in [0, 0.05) is 30.5 Å². The SMILES string of the molecule is CCCN(CCC)c1ccc(N=C2C=CC(=O)c3ncccc32)cc1. The number of allylic oxidation sites excluding steroid dienone is 2. The summed E-state index contributed by atoms with van der Waals surface area (Å²) in [5.41, 5.74) is 4.13. The molecule has 1 heterocycles. The molecule has 4 heteroatoms. The van der Waals surface area contributed by atoms with Crippen LogP contribution >= 0.6 is 0 Å². The monoisotopic (exact) mass is 333 g/mol. The number of benzene rings is 1. The maximum atomic E-state index is 11.9. The van der Waals surface area contributed by atoms with Crippen LogP contribution in [0.4, 0.5) is 11.4 Å². The summed E-state index contributed by atoms with van der Waals surface area (Å²) in [5.74, 6) is -0.0697. The highest BCUT2D eigenvalue weighted by Crippen LogP contribution is 2.23. The summed E-state index contributed by atoms with van der Waals surface area (Å²) in [6.45, 7) is 6.52.